The highest BCUT2D eigenvalue weighted by atomic mass is 35.5. The van der Waals surface area contributed by atoms with Crippen molar-refractivity contribution in [1.29, 1.82) is 0 Å². The van der Waals surface area contributed by atoms with E-state index in [1.807, 2.05) is 5.38 Å². The molecule has 0 radical (unpaired) electrons. The van der Waals surface area contributed by atoms with Crippen molar-refractivity contribution >= 4 is 22.9 Å². The van der Waals surface area contributed by atoms with E-state index in [0.717, 1.165) is 11.3 Å². The maximum atomic E-state index is 13.2. The van der Waals surface area contributed by atoms with Crippen LogP contribution in [0.4, 0.5) is 4.39 Å². The number of hydrogen-bond acceptors (Lipinski definition) is 4. The van der Waals surface area contributed by atoms with Crippen LogP contribution in [0.1, 0.15) is 16.7 Å². The molecule has 0 saturated heterocycles. The van der Waals surface area contributed by atoms with E-state index in [1.54, 1.807) is 37.4 Å². The second-order valence-electron chi connectivity index (χ2n) is 4.88. The predicted molar refractivity (Wildman–Crippen MR) is 89.6 cm³/mol. The molecular formula is C17H13ClFNO2S. The molecule has 1 atom stereocenters. The summed E-state index contributed by atoms with van der Waals surface area (Å²) in [5.41, 5.74) is 2.09. The second-order valence-corrected chi connectivity index (χ2v) is 6.17. The Morgan fingerprint density at radius 1 is 1.22 bits per heavy atom. The van der Waals surface area contributed by atoms with Crippen molar-refractivity contribution in [3.05, 3.63) is 69.3 Å². The first-order valence-electron chi connectivity index (χ1n) is 6.81. The highest BCUT2D eigenvalue weighted by Gasteiger charge is 2.16. The lowest BCUT2D eigenvalue weighted by molar-refractivity contribution is 0.220. The minimum absolute atomic E-state index is 0.0488. The van der Waals surface area contributed by atoms with Gasteiger partial charge in [0.25, 0.3) is 0 Å². The third-order valence-electron chi connectivity index (χ3n) is 3.40. The Kier molecular flexibility index (Phi) is 4.61. The van der Waals surface area contributed by atoms with E-state index < -0.39 is 11.9 Å². The third kappa shape index (κ3) is 3.37. The van der Waals surface area contributed by atoms with Gasteiger partial charge in [-0.25, -0.2) is 9.37 Å². The molecule has 3 rings (SSSR count). The quantitative estimate of drug-likeness (QED) is 0.742. The molecule has 118 valence electrons. The molecular weight excluding hydrogens is 337 g/mol. The van der Waals surface area contributed by atoms with Gasteiger partial charge in [-0.3, -0.25) is 0 Å². The Labute approximate surface area is 142 Å². The van der Waals surface area contributed by atoms with Crippen LogP contribution in [-0.4, -0.2) is 17.2 Å². The number of ether oxygens (including phenoxy) is 1. The van der Waals surface area contributed by atoms with Crippen molar-refractivity contribution in [3.63, 3.8) is 0 Å². The number of aliphatic hydroxyl groups is 1. The predicted octanol–water partition coefficient (Wildman–Crippen LogP) is 4.69. The lowest BCUT2D eigenvalue weighted by Crippen LogP contribution is -1.99. The van der Waals surface area contributed by atoms with Crippen LogP contribution in [0.15, 0.2) is 47.8 Å². The Bertz CT molecular complexity index is 820. The Morgan fingerprint density at radius 2 is 1.96 bits per heavy atom. The van der Waals surface area contributed by atoms with E-state index in [0.29, 0.717) is 16.3 Å². The van der Waals surface area contributed by atoms with Gasteiger partial charge in [0.15, 0.2) is 0 Å². The van der Waals surface area contributed by atoms with Crippen LogP contribution >= 0.6 is 22.9 Å². The summed E-state index contributed by atoms with van der Waals surface area (Å²) in [6.07, 6.45) is -0.824. The van der Waals surface area contributed by atoms with Gasteiger partial charge in [0, 0.05) is 10.9 Å². The summed E-state index contributed by atoms with van der Waals surface area (Å²) < 4.78 is 18.3. The van der Waals surface area contributed by atoms with E-state index in [9.17, 15) is 9.50 Å². The normalized spacial score (nSPS) is 12.2. The molecule has 3 nitrogen and oxygen atoms in total. The fraction of sp³-hybridized carbons (Fsp3) is 0.118. The van der Waals surface area contributed by atoms with Gasteiger partial charge in [-0.05, 0) is 35.9 Å². The van der Waals surface area contributed by atoms with Crippen molar-refractivity contribution in [2.75, 3.05) is 7.11 Å². The maximum Gasteiger partial charge on any atom is 0.141 e. The summed E-state index contributed by atoms with van der Waals surface area (Å²) >= 11 is 7.14. The van der Waals surface area contributed by atoms with Gasteiger partial charge >= 0.3 is 0 Å². The molecule has 2 aromatic carbocycles. The van der Waals surface area contributed by atoms with Gasteiger partial charge in [0.1, 0.15) is 22.7 Å². The lowest BCUT2D eigenvalue weighted by Gasteiger charge is -2.08. The molecule has 0 saturated carbocycles. The molecule has 0 spiro atoms. The van der Waals surface area contributed by atoms with Crippen molar-refractivity contribution in [1.82, 2.24) is 4.98 Å². The van der Waals surface area contributed by atoms with Gasteiger partial charge in [-0.1, -0.05) is 23.7 Å². The summed E-state index contributed by atoms with van der Waals surface area (Å²) in [4.78, 5) is 4.43. The average molecular weight is 350 g/mol. The first kappa shape index (κ1) is 15.9. The van der Waals surface area contributed by atoms with Gasteiger partial charge in [-0.2, -0.15) is 0 Å². The zero-order chi connectivity index (χ0) is 16.4. The molecule has 1 N–H and O–H groups in total. The number of rotatable bonds is 4. The summed E-state index contributed by atoms with van der Waals surface area (Å²) in [5.74, 6) is 0.255. The molecule has 1 unspecified atom stereocenters. The minimum Gasteiger partial charge on any atom is -0.497 e. The highest BCUT2D eigenvalue weighted by Crippen LogP contribution is 2.31. The standard InChI is InChI=1S/C17H13ClFNO2S/c1-22-12-5-2-10(3-6-12)16(21)17-20-15(9-23-17)11-4-7-14(19)13(18)8-11/h2-9,16,21H,1H3. The topological polar surface area (TPSA) is 42.4 Å². The van der Waals surface area contributed by atoms with E-state index in [1.165, 1.54) is 23.5 Å². The molecule has 23 heavy (non-hydrogen) atoms. The molecule has 0 bridgehead atoms. The van der Waals surface area contributed by atoms with Crippen LogP contribution in [0.2, 0.25) is 5.02 Å². The van der Waals surface area contributed by atoms with Gasteiger partial charge in [-0.15, -0.1) is 11.3 Å². The fourth-order valence-corrected chi connectivity index (χ4v) is 3.15. The Balaban J connectivity index is 1.86. The van der Waals surface area contributed by atoms with Crippen LogP contribution in [0, 0.1) is 5.82 Å². The van der Waals surface area contributed by atoms with E-state index in [2.05, 4.69) is 4.98 Å². The van der Waals surface area contributed by atoms with Crippen LogP contribution in [0.25, 0.3) is 11.3 Å². The molecule has 1 aromatic heterocycles. The van der Waals surface area contributed by atoms with E-state index >= 15 is 0 Å². The van der Waals surface area contributed by atoms with Crippen LogP contribution in [0.3, 0.4) is 0 Å². The zero-order valence-corrected chi connectivity index (χ0v) is 13.7. The maximum absolute atomic E-state index is 13.2. The SMILES string of the molecule is COc1ccc(C(O)c2nc(-c3ccc(F)c(Cl)c3)cs2)cc1. The largest absolute Gasteiger partial charge is 0.497 e. The molecule has 3 aromatic rings. The van der Waals surface area contributed by atoms with Crippen molar-refractivity contribution in [3.8, 4) is 17.0 Å². The van der Waals surface area contributed by atoms with Crippen molar-refractivity contribution < 1.29 is 14.2 Å². The number of nitrogens with zero attached hydrogens (tertiary/aromatic N) is 1. The fourth-order valence-electron chi connectivity index (χ4n) is 2.13. The third-order valence-corrected chi connectivity index (χ3v) is 4.59. The highest BCUT2D eigenvalue weighted by molar-refractivity contribution is 7.10. The van der Waals surface area contributed by atoms with Crippen molar-refractivity contribution in [2.24, 2.45) is 0 Å². The first-order valence-corrected chi connectivity index (χ1v) is 8.07. The van der Waals surface area contributed by atoms with Crippen LogP contribution < -0.4 is 4.74 Å². The molecule has 0 aliphatic rings. The summed E-state index contributed by atoms with van der Waals surface area (Å²) in [5, 5.41) is 12.9. The Morgan fingerprint density at radius 3 is 2.61 bits per heavy atom. The smallest absolute Gasteiger partial charge is 0.141 e. The van der Waals surface area contributed by atoms with E-state index in [4.69, 9.17) is 16.3 Å². The lowest BCUT2D eigenvalue weighted by atomic mass is 10.1. The van der Waals surface area contributed by atoms with Crippen LogP contribution in [-0.2, 0) is 0 Å². The number of methoxy groups -OCH3 is 1. The van der Waals surface area contributed by atoms with Gasteiger partial charge in [0.2, 0.25) is 0 Å². The number of hydrogen-bond donors (Lipinski definition) is 1. The number of halogens is 2. The first-order chi connectivity index (χ1) is 11.1. The summed E-state index contributed by atoms with van der Waals surface area (Å²) in [6, 6.07) is 11.6. The molecule has 0 aliphatic heterocycles. The number of benzene rings is 2. The van der Waals surface area contributed by atoms with Gasteiger partial charge in [0.05, 0.1) is 17.8 Å². The van der Waals surface area contributed by atoms with Crippen molar-refractivity contribution in [2.45, 2.75) is 6.10 Å². The monoisotopic (exact) mass is 349 g/mol. The average Bonchev–Trinajstić information content (AvgIpc) is 3.07. The summed E-state index contributed by atoms with van der Waals surface area (Å²) in [7, 11) is 1.59. The number of aromatic nitrogens is 1. The molecule has 0 aliphatic carbocycles. The zero-order valence-electron chi connectivity index (χ0n) is 12.2. The summed E-state index contributed by atoms with van der Waals surface area (Å²) in [6.45, 7) is 0. The van der Waals surface area contributed by atoms with Crippen LogP contribution in [0.5, 0.6) is 5.75 Å². The molecule has 0 fully saturated rings. The number of thiazole rings is 1. The van der Waals surface area contributed by atoms with Gasteiger partial charge < -0.3 is 9.84 Å². The molecule has 0 amide bonds. The van der Waals surface area contributed by atoms with E-state index in [-0.39, 0.29) is 5.02 Å². The number of aliphatic hydroxyl groups excluding tert-OH is 1. The molecule has 1 heterocycles. The molecule has 6 heteroatoms. The second kappa shape index (κ2) is 6.66. The minimum atomic E-state index is -0.824. The Hall–Kier alpha value is -1.95.